The maximum Gasteiger partial charge on any atom is 0.0897 e. The van der Waals surface area contributed by atoms with E-state index in [9.17, 15) is 0 Å². The minimum atomic E-state index is 0.607. The summed E-state index contributed by atoms with van der Waals surface area (Å²) in [7, 11) is 0. The molecule has 2 aromatic rings. The lowest BCUT2D eigenvalue weighted by Crippen LogP contribution is -2.33. The van der Waals surface area contributed by atoms with Crippen LogP contribution in [-0.4, -0.2) is 33.2 Å². The van der Waals surface area contributed by atoms with Crippen LogP contribution in [0.2, 0.25) is 0 Å². The van der Waals surface area contributed by atoms with Gasteiger partial charge in [-0.1, -0.05) is 0 Å². The van der Waals surface area contributed by atoms with Gasteiger partial charge in [-0.2, -0.15) is 5.10 Å². The van der Waals surface area contributed by atoms with Crippen molar-refractivity contribution >= 4 is 11.3 Å². The number of likely N-dealkylation sites (tertiary alicyclic amines) is 1. The first-order valence-electron chi connectivity index (χ1n) is 6.44. The van der Waals surface area contributed by atoms with Gasteiger partial charge in [-0.25, -0.2) is 4.98 Å². The summed E-state index contributed by atoms with van der Waals surface area (Å²) in [6.07, 6.45) is 6.39. The second kappa shape index (κ2) is 5.20. The van der Waals surface area contributed by atoms with Gasteiger partial charge < -0.3 is 0 Å². The smallest absolute Gasteiger partial charge is 0.0897 e. The predicted molar refractivity (Wildman–Crippen MR) is 72.7 cm³/mol. The molecular formula is C13H18N4S. The van der Waals surface area contributed by atoms with Crippen molar-refractivity contribution in [3.8, 4) is 0 Å². The molecule has 1 fully saturated rings. The van der Waals surface area contributed by atoms with Gasteiger partial charge in [-0.15, -0.1) is 11.3 Å². The Morgan fingerprint density at radius 3 is 3.22 bits per heavy atom. The number of thiazole rings is 1. The molecule has 3 rings (SSSR count). The Balaban J connectivity index is 1.63. The van der Waals surface area contributed by atoms with Crippen LogP contribution in [0.1, 0.15) is 34.3 Å². The standard InChI is InChI=1S/C13H18N4S/c1-10-14-7-12(18-10)9-17-6-2-3-11(8-17)13-4-5-15-16-13/h4-5,7,11H,2-3,6,8-9H2,1H3,(H,15,16). The third-order valence-electron chi connectivity index (χ3n) is 3.52. The highest BCUT2D eigenvalue weighted by Crippen LogP contribution is 2.26. The van der Waals surface area contributed by atoms with Crippen molar-refractivity contribution < 1.29 is 0 Å². The number of aromatic nitrogens is 3. The Bertz CT molecular complexity index is 491. The van der Waals surface area contributed by atoms with Crippen molar-refractivity contribution in [3.05, 3.63) is 34.0 Å². The Morgan fingerprint density at radius 2 is 2.50 bits per heavy atom. The molecule has 1 unspecified atom stereocenters. The molecule has 3 heterocycles. The molecule has 0 aromatic carbocycles. The van der Waals surface area contributed by atoms with Crippen LogP contribution in [0.25, 0.3) is 0 Å². The zero-order chi connectivity index (χ0) is 12.4. The van der Waals surface area contributed by atoms with Gasteiger partial charge in [0.05, 0.1) is 5.01 Å². The lowest BCUT2D eigenvalue weighted by molar-refractivity contribution is 0.200. The van der Waals surface area contributed by atoms with Crippen molar-refractivity contribution in [3.63, 3.8) is 0 Å². The van der Waals surface area contributed by atoms with Gasteiger partial charge in [0.2, 0.25) is 0 Å². The predicted octanol–water partition coefficient (Wildman–Crippen LogP) is 2.55. The molecule has 1 saturated heterocycles. The number of hydrogen-bond donors (Lipinski definition) is 1. The number of rotatable bonds is 3. The summed E-state index contributed by atoms with van der Waals surface area (Å²) in [5.74, 6) is 0.607. The van der Waals surface area contributed by atoms with Crippen LogP contribution < -0.4 is 0 Å². The molecule has 96 valence electrons. The van der Waals surface area contributed by atoms with E-state index in [1.807, 2.05) is 23.7 Å². The average Bonchev–Trinajstić information content (AvgIpc) is 3.01. The fraction of sp³-hybridized carbons (Fsp3) is 0.538. The summed E-state index contributed by atoms with van der Waals surface area (Å²) in [4.78, 5) is 8.23. The fourth-order valence-electron chi connectivity index (χ4n) is 2.65. The summed E-state index contributed by atoms with van der Waals surface area (Å²) >= 11 is 1.81. The van der Waals surface area contributed by atoms with E-state index in [-0.39, 0.29) is 0 Å². The quantitative estimate of drug-likeness (QED) is 0.924. The summed E-state index contributed by atoms with van der Waals surface area (Å²) in [6.45, 7) is 5.43. The van der Waals surface area contributed by atoms with Crippen LogP contribution in [-0.2, 0) is 6.54 Å². The summed E-state index contributed by atoms with van der Waals surface area (Å²) in [6, 6.07) is 2.10. The highest BCUT2D eigenvalue weighted by Gasteiger charge is 2.22. The van der Waals surface area contributed by atoms with Crippen molar-refractivity contribution in [2.75, 3.05) is 13.1 Å². The van der Waals surface area contributed by atoms with Crippen LogP contribution in [0.5, 0.6) is 0 Å². The van der Waals surface area contributed by atoms with Crippen molar-refractivity contribution in [2.45, 2.75) is 32.2 Å². The number of hydrogen-bond acceptors (Lipinski definition) is 4. The van der Waals surface area contributed by atoms with Crippen molar-refractivity contribution in [1.29, 1.82) is 0 Å². The molecule has 0 amide bonds. The molecule has 4 nitrogen and oxygen atoms in total. The number of nitrogens with one attached hydrogen (secondary N) is 1. The molecule has 0 spiro atoms. The van der Waals surface area contributed by atoms with Gasteiger partial charge in [0.15, 0.2) is 0 Å². The van der Waals surface area contributed by atoms with E-state index in [1.165, 1.54) is 30.0 Å². The molecule has 1 N–H and O–H groups in total. The maximum atomic E-state index is 4.33. The highest BCUT2D eigenvalue weighted by atomic mass is 32.1. The molecule has 18 heavy (non-hydrogen) atoms. The first-order valence-corrected chi connectivity index (χ1v) is 7.26. The van der Waals surface area contributed by atoms with E-state index >= 15 is 0 Å². The SMILES string of the molecule is Cc1ncc(CN2CCCC(c3ccn[nH]3)C2)s1. The Labute approximate surface area is 111 Å². The van der Waals surface area contributed by atoms with Crippen LogP contribution in [0.15, 0.2) is 18.5 Å². The normalized spacial score (nSPS) is 21.3. The molecule has 1 aliphatic rings. The third kappa shape index (κ3) is 2.62. The van der Waals surface area contributed by atoms with E-state index in [2.05, 4.69) is 33.1 Å². The number of aromatic amines is 1. The number of piperidine rings is 1. The lowest BCUT2D eigenvalue weighted by Gasteiger charge is -2.31. The Morgan fingerprint density at radius 1 is 1.56 bits per heavy atom. The summed E-state index contributed by atoms with van der Waals surface area (Å²) < 4.78 is 0. The van der Waals surface area contributed by atoms with Gasteiger partial charge in [0, 0.05) is 42.0 Å². The third-order valence-corrected chi connectivity index (χ3v) is 4.41. The Hall–Kier alpha value is -1.20. The van der Waals surface area contributed by atoms with E-state index in [4.69, 9.17) is 0 Å². The molecule has 0 bridgehead atoms. The second-order valence-electron chi connectivity index (χ2n) is 4.93. The average molecular weight is 262 g/mol. The van der Waals surface area contributed by atoms with Gasteiger partial charge in [0.1, 0.15) is 0 Å². The summed E-state index contributed by atoms with van der Waals surface area (Å²) in [5.41, 5.74) is 1.28. The molecule has 5 heteroatoms. The van der Waals surface area contributed by atoms with Crippen LogP contribution in [0.3, 0.4) is 0 Å². The first kappa shape index (κ1) is 11.9. The van der Waals surface area contributed by atoms with Gasteiger partial charge in [0.25, 0.3) is 0 Å². The molecule has 1 aliphatic heterocycles. The van der Waals surface area contributed by atoms with Crippen molar-refractivity contribution in [2.24, 2.45) is 0 Å². The van der Waals surface area contributed by atoms with E-state index < -0.39 is 0 Å². The summed E-state index contributed by atoms with van der Waals surface area (Å²) in [5, 5.41) is 8.33. The molecular weight excluding hydrogens is 244 g/mol. The zero-order valence-electron chi connectivity index (χ0n) is 10.6. The Kier molecular flexibility index (Phi) is 3.43. The molecule has 2 aromatic heterocycles. The molecule has 0 aliphatic carbocycles. The topological polar surface area (TPSA) is 44.8 Å². The van der Waals surface area contributed by atoms with Gasteiger partial charge in [-0.3, -0.25) is 10.00 Å². The minimum Gasteiger partial charge on any atom is -0.298 e. The number of H-pyrrole nitrogens is 1. The number of aryl methyl sites for hydroxylation is 1. The maximum absolute atomic E-state index is 4.33. The van der Waals surface area contributed by atoms with E-state index in [0.717, 1.165) is 18.1 Å². The largest absolute Gasteiger partial charge is 0.298 e. The van der Waals surface area contributed by atoms with E-state index in [0.29, 0.717) is 5.92 Å². The first-order chi connectivity index (χ1) is 8.81. The number of nitrogens with zero attached hydrogens (tertiary/aromatic N) is 3. The van der Waals surface area contributed by atoms with Crippen LogP contribution in [0.4, 0.5) is 0 Å². The van der Waals surface area contributed by atoms with Gasteiger partial charge in [-0.05, 0) is 32.4 Å². The molecule has 0 radical (unpaired) electrons. The highest BCUT2D eigenvalue weighted by molar-refractivity contribution is 7.11. The van der Waals surface area contributed by atoms with E-state index in [1.54, 1.807) is 0 Å². The van der Waals surface area contributed by atoms with Crippen molar-refractivity contribution in [1.82, 2.24) is 20.1 Å². The molecule has 1 atom stereocenters. The zero-order valence-corrected chi connectivity index (χ0v) is 11.4. The molecule has 0 saturated carbocycles. The van der Waals surface area contributed by atoms with Gasteiger partial charge >= 0.3 is 0 Å². The fourth-order valence-corrected chi connectivity index (χ4v) is 3.48. The monoisotopic (exact) mass is 262 g/mol. The lowest BCUT2D eigenvalue weighted by atomic mass is 9.95. The second-order valence-corrected chi connectivity index (χ2v) is 6.25. The van der Waals surface area contributed by atoms with Crippen LogP contribution >= 0.6 is 11.3 Å². The van der Waals surface area contributed by atoms with Crippen LogP contribution in [0, 0.1) is 6.92 Å². The minimum absolute atomic E-state index is 0.607.